The van der Waals surface area contributed by atoms with Gasteiger partial charge in [-0.2, -0.15) is 0 Å². The quantitative estimate of drug-likeness (QED) is 0.543. The zero-order valence-corrected chi connectivity index (χ0v) is 14.8. The van der Waals surface area contributed by atoms with Crippen molar-refractivity contribution < 1.29 is 0 Å². The molecule has 1 aliphatic rings. The SMILES string of the molecule is c1ccc(-c2cc(Nc3ncn(C4CC4)n3)nc(-c3ccccc3)c2)cc1. The maximum Gasteiger partial charge on any atom is 0.247 e. The van der Waals surface area contributed by atoms with Gasteiger partial charge < -0.3 is 5.32 Å². The smallest absolute Gasteiger partial charge is 0.247 e. The van der Waals surface area contributed by atoms with Crippen molar-refractivity contribution in [2.24, 2.45) is 0 Å². The highest BCUT2D eigenvalue weighted by Crippen LogP contribution is 2.34. The molecule has 0 radical (unpaired) electrons. The number of anilines is 2. The molecule has 1 saturated carbocycles. The third-order valence-corrected chi connectivity index (χ3v) is 4.67. The Labute approximate surface area is 157 Å². The van der Waals surface area contributed by atoms with Gasteiger partial charge >= 0.3 is 0 Å². The summed E-state index contributed by atoms with van der Waals surface area (Å²) in [6.45, 7) is 0. The molecule has 0 saturated heterocycles. The van der Waals surface area contributed by atoms with Gasteiger partial charge in [0.2, 0.25) is 5.95 Å². The Morgan fingerprint density at radius 1 is 0.815 bits per heavy atom. The van der Waals surface area contributed by atoms with Crippen LogP contribution in [0.15, 0.2) is 79.1 Å². The molecule has 132 valence electrons. The van der Waals surface area contributed by atoms with E-state index in [1.54, 1.807) is 6.33 Å². The fourth-order valence-corrected chi connectivity index (χ4v) is 3.11. The van der Waals surface area contributed by atoms with E-state index < -0.39 is 0 Å². The minimum Gasteiger partial charge on any atom is -0.307 e. The molecule has 1 N–H and O–H groups in total. The van der Waals surface area contributed by atoms with Crippen molar-refractivity contribution in [1.29, 1.82) is 0 Å². The highest BCUT2D eigenvalue weighted by atomic mass is 15.4. The lowest BCUT2D eigenvalue weighted by atomic mass is 10.0. The molecule has 5 nitrogen and oxygen atoms in total. The van der Waals surface area contributed by atoms with Gasteiger partial charge in [0, 0.05) is 5.56 Å². The van der Waals surface area contributed by atoms with Gasteiger partial charge in [0.15, 0.2) is 0 Å². The molecule has 0 atom stereocenters. The first kappa shape index (κ1) is 15.8. The fraction of sp³-hybridized carbons (Fsp3) is 0.136. The van der Waals surface area contributed by atoms with E-state index in [9.17, 15) is 0 Å². The van der Waals surface area contributed by atoms with E-state index in [1.165, 1.54) is 12.8 Å². The first-order chi connectivity index (χ1) is 13.3. The van der Waals surface area contributed by atoms with Crippen LogP contribution in [0.5, 0.6) is 0 Å². The second kappa shape index (κ2) is 6.68. The fourth-order valence-electron chi connectivity index (χ4n) is 3.11. The largest absolute Gasteiger partial charge is 0.307 e. The van der Waals surface area contributed by atoms with Crippen LogP contribution in [0.2, 0.25) is 0 Å². The maximum absolute atomic E-state index is 4.79. The Balaban J connectivity index is 1.54. The van der Waals surface area contributed by atoms with Crippen molar-refractivity contribution in [1.82, 2.24) is 19.7 Å². The molecule has 2 aromatic carbocycles. The van der Waals surface area contributed by atoms with Gasteiger partial charge in [-0.1, -0.05) is 60.7 Å². The summed E-state index contributed by atoms with van der Waals surface area (Å²) in [6.07, 6.45) is 4.16. The van der Waals surface area contributed by atoms with Gasteiger partial charge in [-0.05, 0) is 36.1 Å². The van der Waals surface area contributed by atoms with Crippen LogP contribution in [0.4, 0.5) is 11.8 Å². The molecule has 0 aliphatic heterocycles. The monoisotopic (exact) mass is 353 g/mol. The molecular formula is C22H19N5. The molecule has 2 aromatic heterocycles. The van der Waals surface area contributed by atoms with Crippen molar-refractivity contribution in [3.05, 3.63) is 79.1 Å². The van der Waals surface area contributed by atoms with E-state index in [1.807, 2.05) is 47.1 Å². The molecule has 5 rings (SSSR count). The van der Waals surface area contributed by atoms with Crippen LogP contribution >= 0.6 is 0 Å². The Morgan fingerprint density at radius 2 is 1.52 bits per heavy atom. The van der Waals surface area contributed by atoms with Crippen molar-refractivity contribution >= 4 is 11.8 Å². The third kappa shape index (κ3) is 3.44. The molecule has 0 unspecified atom stereocenters. The van der Waals surface area contributed by atoms with E-state index in [0.717, 1.165) is 28.2 Å². The molecule has 0 spiro atoms. The normalized spacial score (nSPS) is 13.5. The molecule has 4 aromatic rings. The minimum absolute atomic E-state index is 0.511. The predicted octanol–water partition coefficient (Wildman–Crippen LogP) is 5.09. The van der Waals surface area contributed by atoms with Crippen molar-refractivity contribution in [3.8, 4) is 22.4 Å². The highest BCUT2D eigenvalue weighted by Gasteiger charge is 2.24. The molecule has 1 aliphatic carbocycles. The van der Waals surface area contributed by atoms with Gasteiger partial charge in [0.1, 0.15) is 12.1 Å². The summed E-state index contributed by atoms with van der Waals surface area (Å²) in [7, 11) is 0. The lowest BCUT2D eigenvalue weighted by Gasteiger charge is -2.10. The summed E-state index contributed by atoms with van der Waals surface area (Å²) in [4.78, 5) is 9.17. The predicted molar refractivity (Wildman–Crippen MR) is 107 cm³/mol. The molecule has 0 bridgehead atoms. The summed E-state index contributed by atoms with van der Waals surface area (Å²) >= 11 is 0. The van der Waals surface area contributed by atoms with Gasteiger partial charge in [0.25, 0.3) is 0 Å². The molecule has 27 heavy (non-hydrogen) atoms. The van der Waals surface area contributed by atoms with Gasteiger partial charge in [-0.25, -0.2) is 14.6 Å². The molecule has 2 heterocycles. The minimum atomic E-state index is 0.511. The topological polar surface area (TPSA) is 55.6 Å². The average molecular weight is 353 g/mol. The number of hydrogen-bond donors (Lipinski definition) is 1. The standard InChI is InChI=1S/C22H19N5/c1-3-7-16(8-4-1)18-13-20(17-9-5-2-6-10-17)24-21(14-18)25-22-23-15-27(26-22)19-11-12-19/h1-10,13-15,19H,11-12H2,(H,24,25,26). The van der Waals surface area contributed by atoms with Gasteiger partial charge in [-0.3, -0.25) is 0 Å². The van der Waals surface area contributed by atoms with Crippen LogP contribution in [0.25, 0.3) is 22.4 Å². The highest BCUT2D eigenvalue weighted by molar-refractivity contribution is 5.74. The van der Waals surface area contributed by atoms with E-state index in [2.05, 4.69) is 45.7 Å². The van der Waals surface area contributed by atoms with Crippen molar-refractivity contribution in [3.63, 3.8) is 0 Å². The Kier molecular flexibility index (Phi) is 3.90. The number of nitrogens with zero attached hydrogens (tertiary/aromatic N) is 4. The molecule has 0 amide bonds. The Hall–Kier alpha value is -3.47. The summed E-state index contributed by atoms with van der Waals surface area (Å²) in [5.41, 5.74) is 4.25. The zero-order chi connectivity index (χ0) is 18.1. The first-order valence-electron chi connectivity index (χ1n) is 9.16. The number of rotatable bonds is 5. The average Bonchev–Trinajstić information content (AvgIpc) is 3.48. The summed E-state index contributed by atoms with van der Waals surface area (Å²) < 4.78 is 1.93. The third-order valence-electron chi connectivity index (χ3n) is 4.67. The van der Waals surface area contributed by atoms with E-state index >= 15 is 0 Å². The lowest BCUT2D eigenvalue weighted by Crippen LogP contribution is -2.00. The summed E-state index contributed by atoms with van der Waals surface area (Å²) in [6, 6.07) is 25.2. The van der Waals surface area contributed by atoms with Crippen LogP contribution in [0, 0.1) is 0 Å². The number of hydrogen-bond acceptors (Lipinski definition) is 4. The van der Waals surface area contributed by atoms with Gasteiger partial charge in [0.05, 0.1) is 11.7 Å². The van der Waals surface area contributed by atoms with E-state index in [-0.39, 0.29) is 0 Å². The van der Waals surface area contributed by atoms with E-state index in [4.69, 9.17) is 4.98 Å². The second-order valence-corrected chi connectivity index (χ2v) is 6.76. The van der Waals surface area contributed by atoms with Crippen LogP contribution in [0.1, 0.15) is 18.9 Å². The first-order valence-corrected chi connectivity index (χ1v) is 9.16. The van der Waals surface area contributed by atoms with Crippen LogP contribution in [-0.2, 0) is 0 Å². The number of nitrogens with one attached hydrogen (secondary N) is 1. The Bertz CT molecular complexity index is 995. The maximum atomic E-state index is 4.79. The molecule has 1 fully saturated rings. The number of benzene rings is 2. The van der Waals surface area contributed by atoms with Gasteiger partial charge in [-0.15, -0.1) is 5.10 Å². The van der Waals surface area contributed by atoms with Crippen molar-refractivity contribution in [2.45, 2.75) is 18.9 Å². The molecule has 5 heteroatoms. The second-order valence-electron chi connectivity index (χ2n) is 6.76. The number of pyridine rings is 1. The van der Waals surface area contributed by atoms with Crippen molar-refractivity contribution in [2.75, 3.05) is 5.32 Å². The Morgan fingerprint density at radius 3 is 2.22 bits per heavy atom. The van der Waals surface area contributed by atoms with Crippen LogP contribution in [0.3, 0.4) is 0 Å². The lowest BCUT2D eigenvalue weighted by molar-refractivity contribution is 0.641. The summed E-state index contributed by atoms with van der Waals surface area (Å²) in [5, 5.41) is 7.80. The van der Waals surface area contributed by atoms with Crippen LogP contribution in [-0.4, -0.2) is 19.7 Å². The summed E-state index contributed by atoms with van der Waals surface area (Å²) in [5.74, 6) is 1.32. The molecular weight excluding hydrogens is 334 g/mol. The zero-order valence-electron chi connectivity index (χ0n) is 14.8. The number of aromatic nitrogens is 4. The van der Waals surface area contributed by atoms with Crippen LogP contribution < -0.4 is 5.32 Å². The van der Waals surface area contributed by atoms with E-state index in [0.29, 0.717) is 12.0 Å².